The summed E-state index contributed by atoms with van der Waals surface area (Å²) in [6.45, 7) is 0. The van der Waals surface area contributed by atoms with Crippen LogP contribution in [0.4, 0.5) is 19.0 Å². The molecule has 0 unspecified atom stereocenters. The maximum atomic E-state index is 12.3. The molecule has 1 aromatic heterocycles. The van der Waals surface area contributed by atoms with Gasteiger partial charge in [0, 0.05) is 5.56 Å². The first-order valence-corrected chi connectivity index (χ1v) is 5.42. The van der Waals surface area contributed by atoms with Gasteiger partial charge in [0.15, 0.2) is 5.75 Å². The predicted octanol–water partition coefficient (Wildman–Crippen LogP) is 3.10. The summed E-state index contributed by atoms with van der Waals surface area (Å²) >= 11 is 0. The summed E-state index contributed by atoms with van der Waals surface area (Å²) in [6, 6.07) is 9.99. The first-order chi connectivity index (χ1) is 9.42. The summed E-state index contributed by atoms with van der Waals surface area (Å²) in [6.07, 6.45) is -4.12. The van der Waals surface area contributed by atoms with E-state index in [4.69, 9.17) is 11.0 Å². The fourth-order valence-electron chi connectivity index (χ4n) is 1.72. The molecular weight excluding hydrogens is 271 g/mol. The van der Waals surface area contributed by atoms with Crippen molar-refractivity contribution in [3.63, 3.8) is 0 Å². The average Bonchev–Trinajstić information content (AvgIpc) is 2.40. The highest BCUT2D eigenvalue weighted by molar-refractivity contribution is 5.81. The number of nitriles is 1. The molecule has 4 nitrogen and oxygen atoms in total. The molecule has 20 heavy (non-hydrogen) atoms. The highest BCUT2D eigenvalue weighted by atomic mass is 19.4. The van der Waals surface area contributed by atoms with E-state index in [0.29, 0.717) is 5.56 Å². The lowest BCUT2D eigenvalue weighted by Gasteiger charge is -2.13. The second-order valence-corrected chi connectivity index (χ2v) is 3.78. The first kappa shape index (κ1) is 13.7. The third-order valence-electron chi connectivity index (χ3n) is 2.47. The molecule has 2 aromatic rings. The molecule has 0 aliphatic heterocycles. The largest absolute Gasteiger partial charge is 0.573 e. The van der Waals surface area contributed by atoms with Gasteiger partial charge in [-0.1, -0.05) is 30.3 Å². The van der Waals surface area contributed by atoms with Gasteiger partial charge in [-0.25, -0.2) is 4.98 Å². The van der Waals surface area contributed by atoms with E-state index in [2.05, 4.69) is 9.72 Å². The number of nitrogen functional groups attached to an aromatic ring is 1. The highest BCUT2D eigenvalue weighted by Crippen LogP contribution is 2.35. The van der Waals surface area contributed by atoms with Gasteiger partial charge < -0.3 is 10.5 Å². The SMILES string of the molecule is N#Cc1c(OC(F)(F)F)cnc(N)c1-c1ccccc1. The molecule has 0 fully saturated rings. The molecule has 7 heteroatoms. The van der Waals surface area contributed by atoms with E-state index < -0.39 is 12.1 Å². The molecule has 0 aliphatic carbocycles. The Labute approximate surface area is 112 Å². The molecule has 0 aliphatic rings. The van der Waals surface area contributed by atoms with Crippen LogP contribution in [0.1, 0.15) is 5.56 Å². The standard InChI is InChI=1S/C13H8F3N3O/c14-13(15,16)20-10-7-19-12(18)11(9(10)6-17)8-4-2-1-3-5-8/h1-5,7H,(H2,18,19). The van der Waals surface area contributed by atoms with Crippen molar-refractivity contribution in [1.29, 1.82) is 5.26 Å². The van der Waals surface area contributed by atoms with Crippen LogP contribution < -0.4 is 10.5 Å². The van der Waals surface area contributed by atoms with Gasteiger partial charge in [-0.2, -0.15) is 5.26 Å². The van der Waals surface area contributed by atoms with Crippen LogP contribution in [0.3, 0.4) is 0 Å². The Morgan fingerprint density at radius 1 is 1.20 bits per heavy atom. The summed E-state index contributed by atoms with van der Waals surface area (Å²) in [7, 11) is 0. The lowest BCUT2D eigenvalue weighted by molar-refractivity contribution is -0.274. The Bertz CT molecular complexity index is 663. The van der Waals surface area contributed by atoms with Crippen molar-refractivity contribution in [3.8, 4) is 22.9 Å². The number of pyridine rings is 1. The van der Waals surface area contributed by atoms with Gasteiger partial charge in [-0.3, -0.25) is 0 Å². The van der Waals surface area contributed by atoms with E-state index in [1.807, 2.05) is 0 Å². The minimum absolute atomic E-state index is 0.0396. The molecule has 0 atom stereocenters. The monoisotopic (exact) mass is 279 g/mol. The number of benzene rings is 1. The second-order valence-electron chi connectivity index (χ2n) is 3.78. The maximum Gasteiger partial charge on any atom is 0.573 e. The van der Waals surface area contributed by atoms with Gasteiger partial charge in [0.1, 0.15) is 17.5 Å². The van der Waals surface area contributed by atoms with E-state index in [1.165, 1.54) is 0 Å². The normalized spacial score (nSPS) is 10.9. The lowest BCUT2D eigenvalue weighted by Crippen LogP contribution is -2.18. The Morgan fingerprint density at radius 3 is 2.40 bits per heavy atom. The van der Waals surface area contributed by atoms with Crippen LogP contribution in [0, 0.1) is 11.3 Å². The average molecular weight is 279 g/mol. The van der Waals surface area contributed by atoms with Crippen molar-refractivity contribution >= 4 is 5.82 Å². The second kappa shape index (κ2) is 5.09. The lowest BCUT2D eigenvalue weighted by atomic mass is 10.0. The van der Waals surface area contributed by atoms with Gasteiger partial charge in [0.05, 0.1) is 6.20 Å². The van der Waals surface area contributed by atoms with Crippen LogP contribution in [0.15, 0.2) is 36.5 Å². The Morgan fingerprint density at radius 2 is 1.85 bits per heavy atom. The molecule has 102 valence electrons. The zero-order chi connectivity index (χ0) is 14.8. The van der Waals surface area contributed by atoms with E-state index in [0.717, 1.165) is 6.20 Å². The van der Waals surface area contributed by atoms with Gasteiger partial charge in [0.2, 0.25) is 0 Å². The molecule has 0 spiro atoms. The summed E-state index contributed by atoms with van der Waals surface area (Å²) in [5.74, 6) is -0.713. The molecule has 1 heterocycles. The van der Waals surface area contributed by atoms with Gasteiger partial charge in [0.25, 0.3) is 0 Å². The number of hydrogen-bond donors (Lipinski definition) is 1. The number of ether oxygens (including phenoxy) is 1. The molecule has 0 bridgehead atoms. The van der Waals surface area contributed by atoms with E-state index in [-0.39, 0.29) is 16.9 Å². The van der Waals surface area contributed by atoms with Crippen LogP contribution in [0.5, 0.6) is 5.75 Å². The number of nitrogens with zero attached hydrogens (tertiary/aromatic N) is 2. The fraction of sp³-hybridized carbons (Fsp3) is 0.0769. The van der Waals surface area contributed by atoms with E-state index in [1.54, 1.807) is 36.4 Å². The number of halogens is 3. The molecular formula is C13H8F3N3O. The van der Waals surface area contributed by atoms with Crippen molar-refractivity contribution in [3.05, 3.63) is 42.1 Å². The maximum absolute atomic E-state index is 12.3. The number of alkyl halides is 3. The topological polar surface area (TPSA) is 71.9 Å². The Balaban J connectivity index is 2.63. The summed E-state index contributed by atoms with van der Waals surface area (Å²) < 4.78 is 40.7. The van der Waals surface area contributed by atoms with Crippen LogP contribution in [0.2, 0.25) is 0 Å². The number of anilines is 1. The number of rotatable bonds is 2. The van der Waals surface area contributed by atoms with Gasteiger partial charge in [-0.05, 0) is 5.56 Å². The molecule has 0 amide bonds. The minimum atomic E-state index is -4.91. The van der Waals surface area contributed by atoms with Crippen LogP contribution in [-0.2, 0) is 0 Å². The van der Waals surface area contributed by atoms with Gasteiger partial charge >= 0.3 is 6.36 Å². The summed E-state index contributed by atoms with van der Waals surface area (Å²) in [5, 5.41) is 9.10. The van der Waals surface area contributed by atoms with Gasteiger partial charge in [-0.15, -0.1) is 13.2 Å². The Hall–Kier alpha value is -2.75. The zero-order valence-electron chi connectivity index (χ0n) is 9.98. The van der Waals surface area contributed by atoms with Crippen LogP contribution >= 0.6 is 0 Å². The number of aromatic nitrogens is 1. The predicted molar refractivity (Wildman–Crippen MR) is 65.5 cm³/mol. The molecule has 1 aromatic carbocycles. The van der Waals surface area contributed by atoms with Crippen molar-refractivity contribution in [2.45, 2.75) is 6.36 Å². The first-order valence-electron chi connectivity index (χ1n) is 5.42. The van der Waals surface area contributed by atoms with E-state index in [9.17, 15) is 13.2 Å². The van der Waals surface area contributed by atoms with Crippen molar-refractivity contribution in [1.82, 2.24) is 4.98 Å². The summed E-state index contributed by atoms with van der Waals surface area (Å²) in [5.41, 5.74) is 5.97. The zero-order valence-corrected chi connectivity index (χ0v) is 9.98. The minimum Gasteiger partial charge on any atom is -0.403 e. The van der Waals surface area contributed by atoms with E-state index >= 15 is 0 Å². The summed E-state index contributed by atoms with van der Waals surface area (Å²) in [4.78, 5) is 3.65. The van der Waals surface area contributed by atoms with Crippen molar-refractivity contribution in [2.24, 2.45) is 0 Å². The van der Waals surface area contributed by atoms with Crippen molar-refractivity contribution < 1.29 is 17.9 Å². The molecule has 0 saturated heterocycles. The molecule has 2 rings (SSSR count). The smallest absolute Gasteiger partial charge is 0.403 e. The number of nitrogens with two attached hydrogens (primary N) is 1. The third kappa shape index (κ3) is 2.80. The van der Waals surface area contributed by atoms with Crippen LogP contribution in [0.25, 0.3) is 11.1 Å². The molecule has 2 N–H and O–H groups in total. The van der Waals surface area contributed by atoms with Crippen LogP contribution in [-0.4, -0.2) is 11.3 Å². The van der Waals surface area contributed by atoms with Crippen molar-refractivity contribution in [2.75, 3.05) is 5.73 Å². The number of hydrogen-bond acceptors (Lipinski definition) is 4. The fourth-order valence-corrected chi connectivity index (χ4v) is 1.72. The highest BCUT2D eigenvalue weighted by Gasteiger charge is 2.33. The molecule has 0 radical (unpaired) electrons. The molecule has 0 saturated carbocycles. The Kier molecular flexibility index (Phi) is 3.48. The quantitative estimate of drug-likeness (QED) is 0.916. The third-order valence-corrected chi connectivity index (χ3v) is 2.47.